The molecule has 0 unspecified atom stereocenters. The molecule has 80 heavy (non-hydrogen) atoms. The molecular weight excluding hydrogens is 1000 g/mol. The second-order valence-corrected chi connectivity index (χ2v) is 22.5. The number of carbonyl (C=O) groups excluding carboxylic acids is 4. The number of hydrogen-bond acceptors (Lipinski definition) is 8. The summed E-state index contributed by atoms with van der Waals surface area (Å²) in [5, 5.41) is 23.5. The molecule has 2 atom stereocenters. The number of H-pyrrole nitrogens is 1. The number of rotatable bonds is 22. The lowest BCUT2D eigenvalue weighted by molar-refractivity contribution is -0.662. The number of nitrogens with two attached hydrogens (primary N) is 2. The Hall–Kier alpha value is -8.72. The van der Waals surface area contributed by atoms with E-state index in [0.717, 1.165) is 81.2 Å². The number of aromatic hydroxyl groups is 1. The molecular formula is C65H77N10O5+. The smallest absolute Gasteiger partial charge is 0.240 e. The summed E-state index contributed by atoms with van der Waals surface area (Å²) in [5.74, 6) is -1.36. The van der Waals surface area contributed by atoms with Crippen molar-refractivity contribution in [2.45, 2.75) is 136 Å². The van der Waals surface area contributed by atoms with E-state index >= 15 is 0 Å². The third-order valence-electron chi connectivity index (χ3n) is 14.0. The predicted octanol–water partition coefficient (Wildman–Crippen LogP) is 9.75. The van der Waals surface area contributed by atoms with E-state index in [9.17, 15) is 24.3 Å². The maximum absolute atomic E-state index is 12.7. The summed E-state index contributed by atoms with van der Waals surface area (Å²) in [6.07, 6.45) is 12.9. The molecule has 4 aromatic carbocycles. The van der Waals surface area contributed by atoms with Gasteiger partial charge in [-0.25, -0.2) is 4.68 Å². The van der Waals surface area contributed by atoms with Gasteiger partial charge in [-0.05, 0) is 127 Å². The zero-order valence-corrected chi connectivity index (χ0v) is 47.2. The number of hydrogen-bond donors (Lipinski definition) is 6. The number of aromatic nitrogens is 6. The van der Waals surface area contributed by atoms with Crippen LogP contribution in [0.1, 0.15) is 119 Å². The van der Waals surface area contributed by atoms with Crippen LogP contribution in [0.15, 0.2) is 158 Å². The van der Waals surface area contributed by atoms with Gasteiger partial charge in [0.2, 0.25) is 35.0 Å². The third kappa shape index (κ3) is 17.1. The maximum Gasteiger partial charge on any atom is 0.240 e. The van der Waals surface area contributed by atoms with Crippen LogP contribution in [0, 0.1) is 6.92 Å². The first-order valence-corrected chi connectivity index (χ1v) is 27.5. The Morgan fingerprint density at radius 1 is 0.625 bits per heavy atom. The number of benzene rings is 4. The molecule has 8 aromatic rings. The monoisotopic (exact) mass is 1080 g/mol. The Morgan fingerprint density at radius 2 is 1.12 bits per heavy atom. The topological polar surface area (TPSA) is 228 Å². The number of phenols is 1. The Bertz CT molecular complexity index is 3290. The van der Waals surface area contributed by atoms with E-state index in [-0.39, 0.29) is 41.2 Å². The number of unbranched alkanes of at least 4 members (excludes halogenated alkanes) is 2. The van der Waals surface area contributed by atoms with Crippen molar-refractivity contribution in [2.75, 3.05) is 0 Å². The van der Waals surface area contributed by atoms with Crippen molar-refractivity contribution in [3.63, 3.8) is 0 Å². The van der Waals surface area contributed by atoms with Gasteiger partial charge in [-0.1, -0.05) is 112 Å². The Balaban J connectivity index is 0.000000231. The summed E-state index contributed by atoms with van der Waals surface area (Å²) < 4.78 is 4.06. The molecule has 0 aliphatic heterocycles. The third-order valence-corrected chi connectivity index (χ3v) is 14.0. The minimum Gasteiger partial charge on any atom is -0.508 e. The molecule has 0 radical (unpaired) electrons. The number of aromatic amines is 1. The highest BCUT2D eigenvalue weighted by Gasteiger charge is 2.24. The number of primary amides is 2. The second-order valence-electron chi connectivity index (χ2n) is 22.5. The first-order chi connectivity index (χ1) is 38.2. The molecule has 0 spiro atoms. The van der Waals surface area contributed by atoms with Gasteiger partial charge in [0.05, 0.1) is 17.1 Å². The average Bonchev–Trinajstić information content (AvgIpc) is 4.08. The number of nitrogens with one attached hydrogen (secondary N) is 3. The number of phenolic OH excluding ortho intramolecular Hbond substituents is 1. The molecule has 8 N–H and O–H groups in total. The lowest BCUT2D eigenvalue weighted by atomic mass is 9.87. The van der Waals surface area contributed by atoms with Crippen molar-refractivity contribution in [2.24, 2.45) is 11.5 Å². The van der Waals surface area contributed by atoms with Crippen LogP contribution in [0.4, 0.5) is 0 Å². The van der Waals surface area contributed by atoms with Gasteiger partial charge in [0.1, 0.15) is 23.5 Å². The maximum atomic E-state index is 12.7. The Kier molecular flexibility index (Phi) is 20.1. The van der Waals surface area contributed by atoms with E-state index < -0.39 is 23.9 Å². The van der Waals surface area contributed by atoms with Crippen LogP contribution in [0.2, 0.25) is 0 Å². The molecule has 0 saturated heterocycles. The van der Waals surface area contributed by atoms with Crippen molar-refractivity contribution in [1.82, 2.24) is 35.5 Å². The van der Waals surface area contributed by atoms with Gasteiger partial charge in [-0.3, -0.25) is 29.1 Å². The van der Waals surface area contributed by atoms with Gasteiger partial charge < -0.3 is 27.2 Å². The molecule has 8 rings (SSSR count). The summed E-state index contributed by atoms with van der Waals surface area (Å²) in [5.41, 5.74) is 24.7. The highest BCUT2D eigenvalue weighted by molar-refractivity contribution is 5.87. The first-order valence-electron chi connectivity index (χ1n) is 27.5. The standard InChI is InChI=1S/C33H39N5O2.C32H37N5O3/c1-23-11-13-24(14-12-23)20-30(32(34)40)36-31(39)10-6-5-9-28-21-29(25-8-7-19-35-22-25)37-38(28)27-17-15-26(16-18-27)33(2,3)4;1-32(2,3)24-12-14-26(15-13-24)37-29(23-7-6-18-34-21-23)20-25(36-37)8-4-5-9-30(39)35-28(31(33)40)19-22-10-16-27(38)17-11-22/h7-8,11-19,21-22,30H,5-6,9-10,20H2,1-4H3,(H3,34,36,39,40);6-7,10-18,20-21,28,38H,4-5,8-9,19H2,1-3H3,(H2,33,40)(H,35,39)/p+1/t30-;28-/m00/s1. The summed E-state index contributed by atoms with van der Waals surface area (Å²) in [7, 11) is 0. The molecule has 15 nitrogen and oxygen atoms in total. The van der Waals surface area contributed by atoms with E-state index in [4.69, 9.17) is 16.6 Å². The summed E-state index contributed by atoms with van der Waals surface area (Å²) in [6.45, 7) is 15.2. The van der Waals surface area contributed by atoms with Gasteiger partial charge in [0, 0.05) is 86.2 Å². The minimum atomic E-state index is -0.806. The van der Waals surface area contributed by atoms with E-state index in [1.807, 2.05) is 72.5 Å². The SMILES string of the molecule is CC(C)(C)c1ccc(-n2nc(CCCCC(=O)N[C@@H](Cc3ccc(O)cc3)C(N)=O)cc2-c2cccnc2)cc1.Cc1ccc(C[C@H](NC(=O)CCCCc2cc(-c3cccnc3)[nH][n+]2-c2ccc(C(C)(C)C)cc2)C(N)=O)cc1. The molecule has 0 fully saturated rings. The lowest BCUT2D eigenvalue weighted by Gasteiger charge is -2.19. The van der Waals surface area contributed by atoms with Crippen molar-refractivity contribution in [3.8, 4) is 39.6 Å². The van der Waals surface area contributed by atoms with Crippen LogP contribution in [0.3, 0.4) is 0 Å². The number of carbonyl (C=O) groups is 4. The van der Waals surface area contributed by atoms with E-state index in [0.29, 0.717) is 32.1 Å². The zero-order chi connectivity index (χ0) is 57.4. The van der Waals surface area contributed by atoms with Crippen molar-refractivity contribution in [3.05, 3.63) is 197 Å². The largest absolute Gasteiger partial charge is 0.508 e. The fraction of sp³-hybridized carbons (Fsp3) is 0.323. The molecule has 4 heterocycles. The van der Waals surface area contributed by atoms with E-state index in [1.54, 1.807) is 24.5 Å². The summed E-state index contributed by atoms with van der Waals surface area (Å²) >= 11 is 0. The van der Waals surface area contributed by atoms with E-state index in [1.165, 1.54) is 23.3 Å². The summed E-state index contributed by atoms with van der Waals surface area (Å²) in [6, 6.07) is 42.1. The molecule has 4 amide bonds. The molecule has 0 aliphatic carbocycles. The highest BCUT2D eigenvalue weighted by atomic mass is 16.3. The summed E-state index contributed by atoms with van der Waals surface area (Å²) in [4.78, 5) is 57.7. The Labute approximate surface area is 470 Å². The fourth-order valence-electron chi connectivity index (χ4n) is 9.21. The first kappa shape index (κ1) is 59.0. The van der Waals surface area contributed by atoms with Gasteiger partial charge in [-0.15, -0.1) is 0 Å². The number of pyridine rings is 2. The van der Waals surface area contributed by atoms with Gasteiger partial charge in [-0.2, -0.15) is 10.2 Å². The quantitative estimate of drug-likeness (QED) is 0.0282. The van der Waals surface area contributed by atoms with Crippen LogP contribution < -0.4 is 26.8 Å². The molecule has 15 heteroatoms. The second kappa shape index (κ2) is 27.2. The van der Waals surface area contributed by atoms with Gasteiger partial charge >= 0.3 is 0 Å². The lowest BCUT2D eigenvalue weighted by Crippen LogP contribution is -2.45. The average molecular weight is 1080 g/mol. The molecule has 0 bridgehead atoms. The van der Waals surface area contributed by atoms with Crippen LogP contribution in [-0.4, -0.2) is 65.7 Å². The molecule has 4 aromatic heterocycles. The van der Waals surface area contributed by atoms with Crippen molar-refractivity contribution < 1.29 is 29.0 Å². The number of nitrogens with zero attached hydrogens (tertiary/aromatic N) is 5. The predicted molar refractivity (Wildman–Crippen MR) is 314 cm³/mol. The Morgan fingerprint density at radius 3 is 1.62 bits per heavy atom. The molecule has 0 aliphatic rings. The van der Waals surface area contributed by atoms with Crippen LogP contribution in [0.5, 0.6) is 5.75 Å². The number of amides is 4. The van der Waals surface area contributed by atoms with Crippen LogP contribution >= 0.6 is 0 Å². The zero-order valence-electron chi connectivity index (χ0n) is 47.2. The van der Waals surface area contributed by atoms with Crippen molar-refractivity contribution in [1.29, 1.82) is 0 Å². The molecule has 0 saturated carbocycles. The van der Waals surface area contributed by atoms with Crippen LogP contribution in [0.25, 0.3) is 33.9 Å². The highest BCUT2D eigenvalue weighted by Crippen LogP contribution is 2.28. The number of aryl methyl sites for hydroxylation is 3. The van der Waals surface area contributed by atoms with Crippen LogP contribution in [-0.2, 0) is 55.7 Å². The van der Waals surface area contributed by atoms with Gasteiger partial charge in [0.15, 0.2) is 0 Å². The van der Waals surface area contributed by atoms with E-state index in [2.05, 4.69) is 133 Å². The minimum absolute atomic E-state index is 0.0647. The molecule has 416 valence electrons. The normalized spacial score (nSPS) is 12.2. The fourth-order valence-corrected chi connectivity index (χ4v) is 9.21. The van der Waals surface area contributed by atoms with Gasteiger partial charge in [0.25, 0.3) is 0 Å². The van der Waals surface area contributed by atoms with Crippen molar-refractivity contribution >= 4 is 23.6 Å².